The van der Waals surface area contributed by atoms with Gasteiger partial charge in [0.1, 0.15) is 10.7 Å². The fraction of sp³-hybridized carbons (Fsp3) is 0.321. The maximum absolute atomic E-state index is 12.9. The van der Waals surface area contributed by atoms with E-state index >= 15 is 0 Å². The van der Waals surface area contributed by atoms with Crippen LogP contribution in [0.2, 0.25) is 0 Å². The van der Waals surface area contributed by atoms with E-state index in [1.807, 2.05) is 56.3 Å². The first kappa shape index (κ1) is 28.2. The average molecular weight is 550 g/mol. The molecule has 0 spiro atoms. The Morgan fingerprint density at radius 1 is 1.08 bits per heavy atom. The Kier molecular flexibility index (Phi) is 8.63. The van der Waals surface area contributed by atoms with E-state index in [9.17, 15) is 8.42 Å². The van der Waals surface area contributed by atoms with Crippen LogP contribution in [0.1, 0.15) is 22.7 Å². The van der Waals surface area contributed by atoms with Gasteiger partial charge in [-0.3, -0.25) is 4.90 Å². The van der Waals surface area contributed by atoms with Crippen molar-refractivity contribution < 1.29 is 13.2 Å². The zero-order chi connectivity index (χ0) is 28.2. The average Bonchev–Trinajstić information content (AvgIpc) is 2.88. The first-order valence-corrected chi connectivity index (χ1v) is 14.1. The molecule has 3 N–H and O–H groups in total. The van der Waals surface area contributed by atoms with Crippen molar-refractivity contribution in [2.75, 3.05) is 45.5 Å². The van der Waals surface area contributed by atoms with Crippen molar-refractivity contribution in [1.82, 2.24) is 25.1 Å². The van der Waals surface area contributed by atoms with Crippen molar-refractivity contribution in [1.29, 1.82) is 5.41 Å². The van der Waals surface area contributed by atoms with Gasteiger partial charge in [-0.05, 0) is 56.8 Å². The molecule has 2 aromatic carbocycles. The van der Waals surface area contributed by atoms with Crippen LogP contribution < -0.4 is 14.8 Å². The van der Waals surface area contributed by atoms with E-state index in [2.05, 4.69) is 43.9 Å². The smallest absolute Gasteiger partial charge is 0.267 e. The summed E-state index contributed by atoms with van der Waals surface area (Å²) < 4.78 is 34.3. The highest BCUT2D eigenvalue weighted by Gasteiger charge is 2.24. The Hall–Kier alpha value is -3.80. The molecule has 0 radical (unpaired) electrons. The highest BCUT2D eigenvalue weighted by molar-refractivity contribution is 7.97. The molecule has 206 valence electrons. The van der Waals surface area contributed by atoms with Gasteiger partial charge in [0.25, 0.3) is 10.0 Å². The third-order valence-electron chi connectivity index (χ3n) is 6.74. The second kappa shape index (κ2) is 11.9. The lowest BCUT2D eigenvalue weighted by Crippen LogP contribution is -2.44. The normalized spacial score (nSPS) is 17.1. The summed E-state index contributed by atoms with van der Waals surface area (Å²) in [6, 6.07) is 15.8. The molecule has 0 saturated carbocycles. The predicted molar refractivity (Wildman–Crippen MR) is 155 cm³/mol. The van der Waals surface area contributed by atoms with Crippen molar-refractivity contribution >= 4 is 22.2 Å². The molecular formula is C28H35N7O3S. The molecule has 2 heterocycles. The van der Waals surface area contributed by atoms with E-state index in [4.69, 9.17) is 10.1 Å². The predicted octanol–water partition coefficient (Wildman–Crippen LogP) is 3.92. The van der Waals surface area contributed by atoms with Gasteiger partial charge in [-0.15, -0.1) is 0 Å². The van der Waals surface area contributed by atoms with Gasteiger partial charge in [0.15, 0.2) is 0 Å². The number of benzene rings is 2. The zero-order valence-corrected chi connectivity index (χ0v) is 23.7. The summed E-state index contributed by atoms with van der Waals surface area (Å²) in [5.74, 6) is 0.606. The minimum Gasteiger partial charge on any atom is -0.439 e. The number of hydrogen-bond donors (Lipinski definition) is 3. The Morgan fingerprint density at radius 3 is 2.41 bits per heavy atom. The summed E-state index contributed by atoms with van der Waals surface area (Å²) in [6.07, 6.45) is 1.96. The number of rotatable bonds is 9. The first-order chi connectivity index (χ1) is 18.6. The SMILES string of the molecule is CN/C=C(\C=N)S(=O)(=O)Nc1nc(Oc2ccc(C3CN(C)CCN3C)cc2)cc(-c2c(C)cccc2C)n1. The van der Waals surface area contributed by atoms with Crippen LogP contribution in [0.15, 0.2) is 59.6 Å². The second-order valence-corrected chi connectivity index (χ2v) is 11.4. The van der Waals surface area contributed by atoms with Gasteiger partial charge < -0.3 is 20.4 Å². The van der Waals surface area contributed by atoms with Gasteiger partial charge in [0.05, 0.1) is 5.69 Å². The highest BCUT2D eigenvalue weighted by Crippen LogP contribution is 2.32. The van der Waals surface area contributed by atoms with Crippen LogP contribution in [-0.4, -0.2) is 75.2 Å². The van der Waals surface area contributed by atoms with Crippen molar-refractivity contribution in [3.05, 3.63) is 76.3 Å². The third kappa shape index (κ3) is 6.62. The standard InChI is InChI=1S/C28H35N7O3S/c1-19-7-6-8-20(2)27(19)24-15-26(32-28(31-24)33-39(36,37)23(16-29)17-30-3)38-22-11-9-21(10-12-22)25-18-34(4)13-14-35(25)5/h6-12,15-17,25,29-30H,13-14,18H2,1-5H3,(H,31,32,33)/b23-17+,29-16?. The van der Waals surface area contributed by atoms with Gasteiger partial charge in [-0.25, -0.2) is 18.1 Å². The molecule has 1 atom stereocenters. The van der Waals surface area contributed by atoms with Crippen LogP contribution in [0.5, 0.6) is 11.6 Å². The number of piperazine rings is 1. The number of ether oxygens (including phenoxy) is 1. The molecule has 1 unspecified atom stereocenters. The number of nitrogens with one attached hydrogen (secondary N) is 3. The maximum atomic E-state index is 12.9. The lowest BCUT2D eigenvalue weighted by Gasteiger charge is -2.38. The number of aromatic nitrogens is 2. The third-order valence-corrected chi connectivity index (χ3v) is 8.05. The van der Waals surface area contributed by atoms with Gasteiger partial charge >= 0.3 is 0 Å². The molecule has 4 rings (SSSR count). The van der Waals surface area contributed by atoms with Gasteiger partial charge in [-0.2, -0.15) is 4.98 Å². The summed E-state index contributed by atoms with van der Waals surface area (Å²) in [6.45, 7) is 6.93. The fourth-order valence-corrected chi connectivity index (χ4v) is 5.51. The van der Waals surface area contributed by atoms with Crippen molar-refractivity contribution in [3.8, 4) is 22.9 Å². The molecule has 10 nitrogen and oxygen atoms in total. The molecule has 1 fully saturated rings. The summed E-state index contributed by atoms with van der Waals surface area (Å²) >= 11 is 0. The quantitative estimate of drug-likeness (QED) is 0.343. The zero-order valence-electron chi connectivity index (χ0n) is 22.9. The number of likely N-dealkylation sites (N-methyl/N-ethyl adjacent to an activating group) is 2. The van der Waals surface area contributed by atoms with Crippen LogP contribution in [0, 0.1) is 19.3 Å². The largest absolute Gasteiger partial charge is 0.439 e. The second-order valence-electron chi connectivity index (χ2n) is 9.70. The number of hydrogen-bond acceptors (Lipinski definition) is 9. The molecule has 39 heavy (non-hydrogen) atoms. The first-order valence-electron chi connectivity index (χ1n) is 12.6. The summed E-state index contributed by atoms with van der Waals surface area (Å²) in [5.41, 5.74) is 4.54. The summed E-state index contributed by atoms with van der Waals surface area (Å²) in [4.78, 5) is 13.3. The Balaban J connectivity index is 1.69. The molecule has 1 saturated heterocycles. The maximum Gasteiger partial charge on any atom is 0.267 e. The minimum atomic E-state index is -4.11. The number of aryl methyl sites for hydroxylation is 2. The van der Waals surface area contributed by atoms with E-state index in [1.165, 1.54) is 11.8 Å². The van der Waals surface area contributed by atoms with Gasteiger partial charge in [0.2, 0.25) is 11.8 Å². The molecule has 1 aliphatic heterocycles. The van der Waals surface area contributed by atoms with Crippen LogP contribution >= 0.6 is 0 Å². The number of anilines is 1. The lowest BCUT2D eigenvalue weighted by atomic mass is 10.00. The summed E-state index contributed by atoms with van der Waals surface area (Å²) in [7, 11) is 1.71. The van der Waals surface area contributed by atoms with Gasteiger partial charge in [-0.1, -0.05) is 30.3 Å². The monoisotopic (exact) mass is 549 g/mol. The number of allylic oxidation sites excluding steroid dienone is 1. The molecule has 11 heteroatoms. The van der Waals surface area contributed by atoms with E-state index in [0.717, 1.165) is 42.5 Å². The fourth-order valence-electron chi connectivity index (χ4n) is 4.64. The molecule has 1 aromatic heterocycles. The van der Waals surface area contributed by atoms with Crippen LogP contribution in [-0.2, 0) is 10.0 Å². The highest BCUT2D eigenvalue weighted by atomic mass is 32.2. The van der Waals surface area contributed by atoms with Crippen molar-refractivity contribution in [2.45, 2.75) is 19.9 Å². The Morgan fingerprint density at radius 2 is 1.77 bits per heavy atom. The molecule has 0 amide bonds. The van der Waals surface area contributed by atoms with E-state index in [1.54, 1.807) is 13.1 Å². The van der Waals surface area contributed by atoms with E-state index < -0.39 is 10.0 Å². The Bertz CT molecular complexity index is 1450. The molecule has 0 bridgehead atoms. The minimum absolute atomic E-state index is 0.155. The van der Waals surface area contributed by atoms with Gasteiger partial charge in [0, 0.05) is 56.8 Å². The summed E-state index contributed by atoms with van der Waals surface area (Å²) in [5, 5.41) is 10.1. The van der Waals surface area contributed by atoms with Crippen LogP contribution in [0.4, 0.5) is 5.95 Å². The lowest BCUT2D eigenvalue weighted by molar-refractivity contribution is 0.115. The van der Waals surface area contributed by atoms with E-state index in [-0.39, 0.29) is 16.7 Å². The number of nitrogens with zero attached hydrogens (tertiary/aromatic N) is 4. The van der Waals surface area contributed by atoms with Crippen LogP contribution in [0.25, 0.3) is 11.3 Å². The van der Waals surface area contributed by atoms with Crippen molar-refractivity contribution in [3.63, 3.8) is 0 Å². The topological polar surface area (TPSA) is 124 Å². The molecule has 0 aliphatic carbocycles. The molecule has 3 aromatic rings. The molecular weight excluding hydrogens is 514 g/mol. The Labute approximate surface area is 230 Å². The molecule has 1 aliphatic rings. The number of sulfonamides is 1. The van der Waals surface area contributed by atoms with E-state index in [0.29, 0.717) is 17.5 Å². The van der Waals surface area contributed by atoms with Crippen LogP contribution in [0.3, 0.4) is 0 Å². The van der Waals surface area contributed by atoms with Crippen molar-refractivity contribution in [2.24, 2.45) is 0 Å².